The van der Waals surface area contributed by atoms with Crippen molar-refractivity contribution in [3.63, 3.8) is 0 Å². The first kappa shape index (κ1) is 26.7. The van der Waals surface area contributed by atoms with Gasteiger partial charge in [0.15, 0.2) is 11.5 Å². The molecule has 0 aliphatic carbocycles. The van der Waals surface area contributed by atoms with Gasteiger partial charge in [0.05, 0.1) is 19.5 Å². The SMILES string of the molecule is CCCCCCOc1ccc(C(=O)NCc2ccc(CS(=O)(=O)NC(C)C)cc2)cc1OC. The molecule has 0 heterocycles. The monoisotopic (exact) mass is 476 g/mol. The van der Waals surface area contributed by atoms with Crippen LogP contribution in [0.1, 0.15) is 67.9 Å². The van der Waals surface area contributed by atoms with Crippen LogP contribution < -0.4 is 19.5 Å². The first-order chi connectivity index (χ1) is 15.7. The zero-order valence-corrected chi connectivity index (χ0v) is 20.8. The summed E-state index contributed by atoms with van der Waals surface area (Å²) in [6.07, 6.45) is 4.48. The van der Waals surface area contributed by atoms with Gasteiger partial charge in [-0.2, -0.15) is 0 Å². The van der Waals surface area contributed by atoms with Gasteiger partial charge in [-0.25, -0.2) is 13.1 Å². The quantitative estimate of drug-likeness (QED) is 0.394. The van der Waals surface area contributed by atoms with Gasteiger partial charge < -0.3 is 14.8 Å². The van der Waals surface area contributed by atoms with Crippen molar-refractivity contribution in [3.8, 4) is 11.5 Å². The van der Waals surface area contributed by atoms with Crippen LogP contribution in [0.5, 0.6) is 11.5 Å². The molecule has 0 atom stereocenters. The lowest BCUT2D eigenvalue weighted by Gasteiger charge is -2.13. The molecule has 0 aliphatic rings. The molecule has 0 aliphatic heterocycles. The van der Waals surface area contributed by atoms with Crippen molar-refractivity contribution in [2.45, 2.75) is 64.8 Å². The summed E-state index contributed by atoms with van der Waals surface area (Å²) in [4.78, 5) is 12.6. The molecule has 0 saturated carbocycles. The largest absolute Gasteiger partial charge is 0.493 e. The summed E-state index contributed by atoms with van der Waals surface area (Å²) in [6.45, 7) is 6.69. The highest BCUT2D eigenvalue weighted by Crippen LogP contribution is 2.28. The third kappa shape index (κ3) is 9.43. The van der Waals surface area contributed by atoms with E-state index in [4.69, 9.17) is 9.47 Å². The van der Waals surface area contributed by atoms with Gasteiger partial charge in [0.25, 0.3) is 5.91 Å². The molecule has 0 unspecified atom stereocenters. The van der Waals surface area contributed by atoms with Crippen LogP contribution >= 0.6 is 0 Å². The molecular formula is C25H36N2O5S. The molecule has 0 saturated heterocycles. The molecule has 0 spiro atoms. The number of hydrogen-bond donors (Lipinski definition) is 2. The number of benzene rings is 2. The summed E-state index contributed by atoms with van der Waals surface area (Å²) < 4.78 is 37.9. The number of sulfonamides is 1. The van der Waals surface area contributed by atoms with Crippen LogP contribution in [0.25, 0.3) is 0 Å². The van der Waals surface area contributed by atoms with Gasteiger partial charge in [-0.05, 0) is 49.6 Å². The lowest BCUT2D eigenvalue weighted by Crippen LogP contribution is -2.31. The van der Waals surface area contributed by atoms with Gasteiger partial charge in [-0.3, -0.25) is 4.79 Å². The van der Waals surface area contributed by atoms with Crippen molar-refractivity contribution < 1.29 is 22.7 Å². The predicted octanol–water partition coefficient (Wildman–Crippen LogP) is 4.41. The van der Waals surface area contributed by atoms with Gasteiger partial charge in [0, 0.05) is 18.2 Å². The number of rotatable bonds is 14. The van der Waals surface area contributed by atoms with E-state index in [1.54, 1.807) is 51.3 Å². The van der Waals surface area contributed by atoms with E-state index in [1.165, 1.54) is 12.8 Å². The second kappa shape index (κ2) is 13.2. The van der Waals surface area contributed by atoms with E-state index in [0.29, 0.717) is 35.8 Å². The predicted molar refractivity (Wildman–Crippen MR) is 131 cm³/mol. The topological polar surface area (TPSA) is 93.7 Å². The molecule has 0 radical (unpaired) electrons. The molecule has 182 valence electrons. The summed E-state index contributed by atoms with van der Waals surface area (Å²) in [5, 5.41) is 2.88. The zero-order chi connectivity index (χ0) is 24.3. The van der Waals surface area contributed by atoms with Crippen molar-refractivity contribution in [1.82, 2.24) is 10.0 Å². The van der Waals surface area contributed by atoms with Crippen molar-refractivity contribution in [2.75, 3.05) is 13.7 Å². The van der Waals surface area contributed by atoms with Gasteiger partial charge in [-0.15, -0.1) is 0 Å². The normalized spacial score (nSPS) is 11.4. The first-order valence-electron chi connectivity index (χ1n) is 11.4. The maximum atomic E-state index is 12.6. The summed E-state index contributed by atoms with van der Waals surface area (Å²) in [6, 6.07) is 12.2. The molecule has 2 rings (SSSR count). The number of ether oxygens (including phenoxy) is 2. The van der Waals surface area contributed by atoms with Gasteiger partial charge in [0.1, 0.15) is 0 Å². The molecule has 2 aromatic rings. The van der Waals surface area contributed by atoms with Gasteiger partial charge in [-0.1, -0.05) is 50.5 Å². The summed E-state index contributed by atoms with van der Waals surface area (Å²) in [7, 11) is -1.82. The second-order valence-corrected chi connectivity index (χ2v) is 10.1. The minimum atomic E-state index is -3.37. The van der Waals surface area contributed by atoms with Crippen LogP contribution in [0.2, 0.25) is 0 Å². The molecule has 2 aromatic carbocycles. The van der Waals surface area contributed by atoms with Crippen molar-refractivity contribution >= 4 is 15.9 Å². The molecule has 0 fully saturated rings. The van der Waals surface area contributed by atoms with Crippen LogP contribution in [0, 0.1) is 0 Å². The van der Waals surface area contributed by atoms with Gasteiger partial charge >= 0.3 is 0 Å². The number of nitrogens with one attached hydrogen (secondary N) is 2. The number of unbranched alkanes of at least 4 members (excludes halogenated alkanes) is 3. The van der Waals surface area contributed by atoms with E-state index in [9.17, 15) is 13.2 Å². The Balaban J connectivity index is 1.90. The maximum absolute atomic E-state index is 12.6. The van der Waals surface area contributed by atoms with E-state index >= 15 is 0 Å². The number of carbonyl (C=O) groups is 1. The fraction of sp³-hybridized carbons (Fsp3) is 0.480. The molecule has 8 heteroatoms. The molecule has 1 amide bonds. The Bertz CT molecular complexity index is 988. The van der Waals surface area contributed by atoms with E-state index < -0.39 is 10.0 Å². The number of methoxy groups -OCH3 is 1. The fourth-order valence-electron chi connectivity index (χ4n) is 3.30. The van der Waals surface area contributed by atoms with Crippen molar-refractivity contribution in [1.29, 1.82) is 0 Å². The highest BCUT2D eigenvalue weighted by molar-refractivity contribution is 7.88. The molecule has 0 bridgehead atoms. The summed E-state index contributed by atoms with van der Waals surface area (Å²) >= 11 is 0. The highest BCUT2D eigenvalue weighted by Gasteiger charge is 2.14. The third-order valence-electron chi connectivity index (χ3n) is 4.93. The first-order valence-corrected chi connectivity index (χ1v) is 13.1. The lowest BCUT2D eigenvalue weighted by atomic mass is 10.1. The smallest absolute Gasteiger partial charge is 0.251 e. The third-order valence-corrected chi connectivity index (χ3v) is 6.47. The summed E-state index contributed by atoms with van der Waals surface area (Å²) in [5.74, 6) is 0.849. The van der Waals surface area contributed by atoms with Crippen LogP contribution in [-0.2, 0) is 22.3 Å². The maximum Gasteiger partial charge on any atom is 0.251 e. The lowest BCUT2D eigenvalue weighted by molar-refractivity contribution is 0.0950. The van der Waals surface area contributed by atoms with E-state index in [2.05, 4.69) is 17.0 Å². The van der Waals surface area contributed by atoms with Crippen molar-refractivity contribution in [3.05, 3.63) is 59.2 Å². The Morgan fingerprint density at radius 1 is 0.970 bits per heavy atom. The summed E-state index contributed by atoms with van der Waals surface area (Å²) in [5.41, 5.74) is 2.04. The second-order valence-electron chi connectivity index (χ2n) is 8.31. The Labute approximate surface area is 197 Å². The standard InChI is InChI=1S/C25H36N2O5S/c1-5-6-7-8-15-32-23-14-13-22(16-24(23)31-4)25(28)26-17-20-9-11-21(12-10-20)18-33(29,30)27-19(2)3/h9-14,16,19,27H,5-8,15,17-18H2,1-4H3,(H,26,28). The average molecular weight is 477 g/mol. The minimum Gasteiger partial charge on any atom is -0.493 e. The van der Waals surface area contributed by atoms with Crippen LogP contribution in [0.3, 0.4) is 0 Å². The highest BCUT2D eigenvalue weighted by atomic mass is 32.2. The average Bonchev–Trinajstić information content (AvgIpc) is 2.77. The Morgan fingerprint density at radius 2 is 1.67 bits per heavy atom. The number of carbonyl (C=O) groups excluding carboxylic acids is 1. The molecule has 2 N–H and O–H groups in total. The van der Waals surface area contributed by atoms with E-state index in [-0.39, 0.29) is 17.7 Å². The zero-order valence-electron chi connectivity index (χ0n) is 20.0. The molecule has 7 nitrogen and oxygen atoms in total. The molecular weight excluding hydrogens is 440 g/mol. The van der Waals surface area contributed by atoms with Crippen LogP contribution in [0.4, 0.5) is 0 Å². The molecule has 33 heavy (non-hydrogen) atoms. The van der Waals surface area contributed by atoms with Gasteiger partial charge in [0.2, 0.25) is 10.0 Å². The van der Waals surface area contributed by atoms with E-state index in [1.807, 2.05) is 12.1 Å². The van der Waals surface area contributed by atoms with E-state index in [0.717, 1.165) is 18.4 Å². The Hall–Kier alpha value is -2.58. The Kier molecular flexibility index (Phi) is 10.7. The Morgan fingerprint density at radius 3 is 2.30 bits per heavy atom. The van der Waals surface area contributed by atoms with Crippen molar-refractivity contribution in [2.24, 2.45) is 0 Å². The fourth-order valence-corrected chi connectivity index (χ4v) is 4.73. The van der Waals surface area contributed by atoms with Crippen LogP contribution in [0.15, 0.2) is 42.5 Å². The number of amides is 1. The minimum absolute atomic E-state index is 0.0787. The molecule has 0 aromatic heterocycles. The van der Waals surface area contributed by atoms with Crippen LogP contribution in [-0.4, -0.2) is 34.1 Å². The number of hydrogen-bond acceptors (Lipinski definition) is 5.